The Morgan fingerprint density at radius 2 is 1.65 bits per heavy atom. The highest BCUT2D eigenvalue weighted by molar-refractivity contribution is 6.30. The standard InChI is InChI=1S/C27H24ClNO2/c1-4-31-25-13-6-20(7-14-25)16-22-17-26(21-8-10-23(28)11-9-21)29(27(22)30)24-12-5-18(2)19(3)15-24/h5-17H,4H2,1-3H3/b22-16+. The van der Waals surface area contributed by atoms with Gasteiger partial charge in [0.25, 0.3) is 5.91 Å². The zero-order valence-corrected chi connectivity index (χ0v) is 18.6. The van der Waals surface area contributed by atoms with E-state index in [1.54, 1.807) is 4.90 Å². The number of halogens is 1. The number of nitrogens with zero attached hydrogens (tertiary/aromatic N) is 1. The highest BCUT2D eigenvalue weighted by Gasteiger charge is 2.30. The summed E-state index contributed by atoms with van der Waals surface area (Å²) >= 11 is 6.09. The number of carbonyl (C=O) groups excluding carboxylic acids is 1. The first-order chi connectivity index (χ1) is 15.0. The van der Waals surface area contributed by atoms with Gasteiger partial charge in [-0.25, -0.2) is 0 Å². The van der Waals surface area contributed by atoms with Gasteiger partial charge in [0.05, 0.1) is 12.3 Å². The number of ether oxygens (including phenoxy) is 1. The number of carbonyl (C=O) groups is 1. The van der Waals surface area contributed by atoms with Gasteiger partial charge in [0.2, 0.25) is 0 Å². The quantitative estimate of drug-likeness (QED) is 0.416. The summed E-state index contributed by atoms with van der Waals surface area (Å²) in [7, 11) is 0. The average Bonchev–Trinajstić information content (AvgIpc) is 3.08. The first-order valence-electron chi connectivity index (χ1n) is 10.3. The zero-order chi connectivity index (χ0) is 22.0. The fourth-order valence-corrected chi connectivity index (χ4v) is 3.70. The van der Waals surface area contributed by atoms with Crippen LogP contribution < -0.4 is 9.64 Å². The molecule has 1 aliphatic heterocycles. The number of benzene rings is 3. The minimum Gasteiger partial charge on any atom is -0.494 e. The van der Waals surface area contributed by atoms with Crippen LogP contribution in [0.1, 0.15) is 29.2 Å². The van der Waals surface area contributed by atoms with Crippen LogP contribution in [-0.2, 0) is 4.79 Å². The van der Waals surface area contributed by atoms with E-state index in [9.17, 15) is 4.79 Å². The van der Waals surface area contributed by atoms with E-state index >= 15 is 0 Å². The molecule has 3 nitrogen and oxygen atoms in total. The van der Waals surface area contributed by atoms with Crippen molar-refractivity contribution >= 4 is 35.0 Å². The minimum absolute atomic E-state index is 0.0536. The molecule has 0 unspecified atom stereocenters. The first-order valence-corrected chi connectivity index (χ1v) is 10.7. The number of hydrogen-bond donors (Lipinski definition) is 0. The van der Waals surface area contributed by atoms with E-state index in [2.05, 4.69) is 19.9 Å². The molecule has 156 valence electrons. The predicted molar refractivity (Wildman–Crippen MR) is 128 cm³/mol. The van der Waals surface area contributed by atoms with E-state index in [1.165, 1.54) is 5.56 Å². The molecule has 1 heterocycles. The Bertz CT molecular complexity index is 1170. The Morgan fingerprint density at radius 1 is 0.935 bits per heavy atom. The van der Waals surface area contributed by atoms with Crippen molar-refractivity contribution in [1.82, 2.24) is 0 Å². The maximum atomic E-state index is 13.5. The number of anilines is 1. The highest BCUT2D eigenvalue weighted by Crippen LogP contribution is 2.36. The molecule has 0 radical (unpaired) electrons. The van der Waals surface area contributed by atoms with Crippen LogP contribution in [0.15, 0.2) is 78.4 Å². The highest BCUT2D eigenvalue weighted by atomic mass is 35.5. The smallest absolute Gasteiger partial charge is 0.262 e. The number of rotatable bonds is 5. The third kappa shape index (κ3) is 4.42. The lowest BCUT2D eigenvalue weighted by molar-refractivity contribution is -0.113. The number of hydrogen-bond acceptors (Lipinski definition) is 2. The minimum atomic E-state index is -0.0536. The van der Waals surface area contributed by atoms with Gasteiger partial charge in [-0.1, -0.05) is 41.9 Å². The molecule has 0 aromatic heterocycles. The largest absolute Gasteiger partial charge is 0.494 e. The van der Waals surface area contributed by atoms with Crippen molar-refractivity contribution in [2.75, 3.05) is 11.5 Å². The monoisotopic (exact) mass is 429 g/mol. The van der Waals surface area contributed by atoms with E-state index in [1.807, 2.05) is 79.7 Å². The molecular weight excluding hydrogens is 406 g/mol. The Morgan fingerprint density at radius 3 is 2.29 bits per heavy atom. The molecule has 0 spiro atoms. The van der Waals surface area contributed by atoms with Gasteiger partial charge in [0.1, 0.15) is 5.75 Å². The van der Waals surface area contributed by atoms with E-state index in [-0.39, 0.29) is 5.91 Å². The second-order valence-corrected chi connectivity index (χ2v) is 7.98. The second-order valence-electron chi connectivity index (χ2n) is 7.55. The molecule has 4 heteroatoms. The summed E-state index contributed by atoms with van der Waals surface area (Å²) in [5, 5.41) is 0.663. The van der Waals surface area contributed by atoms with Crippen molar-refractivity contribution in [1.29, 1.82) is 0 Å². The van der Waals surface area contributed by atoms with E-state index < -0.39 is 0 Å². The van der Waals surface area contributed by atoms with Gasteiger partial charge in [-0.15, -0.1) is 0 Å². The Kier molecular flexibility index (Phi) is 5.97. The molecule has 0 saturated carbocycles. The van der Waals surface area contributed by atoms with Crippen molar-refractivity contribution in [3.05, 3.63) is 106 Å². The van der Waals surface area contributed by atoms with Crippen molar-refractivity contribution in [3.63, 3.8) is 0 Å². The molecule has 0 N–H and O–H groups in total. The fraction of sp³-hybridized carbons (Fsp3) is 0.148. The van der Waals surface area contributed by atoms with Gasteiger partial charge in [-0.2, -0.15) is 0 Å². The summed E-state index contributed by atoms with van der Waals surface area (Å²) in [6.45, 7) is 6.70. The molecule has 1 amide bonds. The molecule has 0 atom stereocenters. The van der Waals surface area contributed by atoms with Gasteiger partial charge in [-0.3, -0.25) is 9.69 Å². The summed E-state index contributed by atoms with van der Waals surface area (Å²) in [5.41, 5.74) is 6.53. The molecule has 1 aliphatic rings. The zero-order valence-electron chi connectivity index (χ0n) is 17.9. The second kappa shape index (κ2) is 8.83. The van der Waals surface area contributed by atoms with Crippen LogP contribution in [0.3, 0.4) is 0 Å². The molecule has 0 aliphatic carbocycles. The summed E-state index contributed by atoms with van der Waals surface area (Å²) in [6, 6.07) is 21.4. The van der Waals surface area contributed by atoms with Gasteiger partial charge in [-0.05, 0) is 91.6 Å². The fourth-order valence-electron chi connectivity index (χ4n) is 3.58. The molecular formula is C27H24ClNO2. The van der Waals surface area contributed by atoms with Gasteiger partial charge < -0.3 is 4.74 Å². The van der Waals surface area contributed by atoms with Gasteiger partial charge in [0, 0.05) is 16.3 Å². The topological polar surface area (TPSA) is 29.5 Å². The van der Waals surface area contributed by atoms with E-state index in [0.717, 1.165) is 33.8 Å². The molecule has 0 fully saturated rings. The first kappa shape index (κ1) is 21.0. The third-order valence-corrected chi connectivity index (χ3v) is 5.64. The third-order valence-electron chi connectivity index (χ3n) is 5.39. The van der Waals surface area contributed by atoms with Crippen molar-refractivity contribution in [2.24, 2.45) is 0 Å². The van der Waals surface area contributed by atoms with Crippen LogP contribution >= 0.6 is 11.6 Å². The van der Waals surface area contributed by atoms with E-state index in [4.69, 9.17) is 16.3 Å². The van der Waals surface area contributed by atoms with Gasteiger partial charge in [0.15, 0.2) is 0 Å². The molecule has 0 saturated heterocycles. The van der Waals surface area contributed by atoms with Crippen LogP contribution in [0, 0.1) is 13.8 Å². The SMILES string of the molecule is CCOc1ccc(/C=C2\C=C(c3ccc(Cl)cc3)N(c3ccc(C)c(C)c3)C2=O)cc1. The lowest BCUT2D eigenvalue weighted by atomic mass is 10.1. The maximum absolute atomic E-state index is 13.5. The van der Waals surface area contributed by atoms with Crippen LogP contribution in [0.4, 0.5) is 5.69 Å². The lowest BCUT2D eigenvalue weighted by Gasteiger charge is -2.22. The summed E-state index contributed by atoms with van der Waals surface area (Å²) in [6.07, 6.45) is 3.85. The Labute approximate surface area is 188 Å². The van der Waals surface area contributed by atoms with Crippen LogP contribution in [-0.4, -0.2) is 12.5 Å². The van der Waals surface area contributed by atoms with Crippen LogP contribution in [0.2, 0.25) is 5.02 Å². The molecule has 31 heavy (non-hydrogen) atoms. The molecule has 4 rings (SSSR count). The summed E-state index contributed by atoms with van der Waals surface area (Å²) < 4.78 is 5.51. The Hall–Kier alpha value is -3.30. The summed E-state index contributed by atoms with van der Waals surface area (Å²) in [5.74, 6) is 0.763. The maximum Gasteiger partial charge on any atom is 0.262 e. The van der Waals surface area contributed by atoms with Crippen molar-refractivity contribution in [3.8, 4) is 5.75 Å². The predicted octanol–water partition coefficient (Wildman–Crippen LogP) is 6.83. The Balaban J connectivity index is 1.77. The van der Waals surface area contributed by atoms with Crippen molar-refractivity contribution in [2.45, 2.75) is 20.8 Å². The van der Waals surface area contributed by atoms with Gasteiger partial charge >= 0.3 is 0 Å². The van der Waals surface area contributed by atoms with Crippen LogP contribution in [0.25, 0.3) is 11.8 Å². The molecule has 3 aromatic carbocycles. The normalized spacial score (nSPS) is 14.8. The van der Waals surface area contributed by atoms with Crippen LogP contribution in [0.5, 0.6) is 5.75 Å². The lowest BCUT2D eigenvalue weighted by Crippen LogP contribution is -2.25. The van der Waals surface area contributed by atoms with E-state index in [0.29, 0.717) is 17.2 Å². The number of aryl methyl sites for hydroxylation is 2. The average molecular weight is 430 g/mol. The summed E-state index contributed by atoms with van der Waals surface area (Å²) in [4.78, 5) is 15.3. The molecule has 3 aromatic rings. The molecule has 0 bridgehead atoms. The number of amides is 1. The van der Waals surface area contributed by atoms with Crippen molar-refractivity contribution < 1.29 is 9.53 Å².